The monoisotopic (exact) mass is 191 g/mol. The summed E-state index contributed by atoms with van der Waals surface area (Å²) in [5.41, 5.74) is 8.33. The Morgan fingerprint density at radius 2 is 2.29 bits per heavy atom. The predicted molar refractivity (Wildman–Crippen MR) is 57.3 cm³/mol. The molecule has 0 amide bonds. The van der Waals surface area contributed by atoms with Crippen LogP contribution in [-0.4, -0.2) is 11.7 Å². The minimum absolute atomic E-state index is 0.172. The van der Waals surface area contributed by atoms with Gasteiger partial charge in [-0.1, -0.05) is 19.1 Å². The minimum atomic E-state index is 0.172. The van der Waals surface area contributed by atoms with Crippen LogP contribution in [0.4, 0.5) is 0 Å². The Hall–Kier alpha value is -1.02. The molecule has 3 N–H and O–H groups in total. The Kier molecular flexibility index (Phi) is 2.23. The lowest BCUT2D eigenvalue weighted by Gasteiger charge is -2.34. The molecular formula is C12H17NO. The highest BCUT2D eigenvalue weighted by Gasteiger charge is 2.29. The van der Waals surface area contributed by atoms with E-state index in [1.54, 1.807) is 6.07 Å². The third-order valence-corrected chi connectivity index (χ3v) is 3.34. The summed E-state index contributed by atoms with van der Waals surface area (Å²) in [7, 11) is 0. The molecule has 1 aliphatic carbocycles. The second-order valence-electron chi connectivity index (χ2n) is 4.61. The number of phenols is 1. The van der Waals surface area contributed by atoms with Gasteiger partial charge in [0.05, 0.1) is 0 Å². The van der Waals surface area contributed by atoms with Crippen LogP contribution in [0.25, 0.3) is 0 Å². The Labute approximate surface area is 84.7 Å². The van der Waals surface area contributed by atoms with E-state index in [1.165, 1.54) is 5.56 Å². The molecule has 1 atom stereocenters. The third kappa shape index (κ3) is 1.50. The molecular weight excluding hydrogens is 174 g/mol. The van der Waals surface area contributed by atoms with E-state index < -0.39 is 0 Å². The molecule has 0 saturated heterocycles. The number of nitrogens with two attached hydrogens (primary N) is 1. The van der Waals surface area contributed by atoms with E-state index >= 15 is 0 Å². The zero-order chi connectivity index (χ0) is 10.2. The first-order chi connectivity index (χ1) is 6.64. The maximum absolute atomic E-state index is 9.74. The van der Waals surface area contributed by atoms with Crippen molar-refractivity contribution in [2.45, 2.75) is 26.2 Å². The zero-order valence-corrected chi connectivity index (χ0v) is 8.59. The first-order valence-corrected chi connectivity index (χ1v) is 5.14. The molecule has 1 aromatic carbocycles. The molecule has 14 heavy (non-hydrogen) atoms. The third-order valence-electron chi connectivity index (χ3n) is 3.34. The molecule has 0 aromatic heterocycles. The van der Waals surface area contributed by atoms with Crippen molar-refractivity contribution in [3.63, 3.8) is 0 Å². The molecule has 0 heterocycles. The summed E-state index contributed by atoms with van der Waals surface area (Å²) in [6.45, 7) is 2.89. The molecule has 0 bridgehead atoms. The molecule has 1 aromatic rings. The van der Waals surface area contributed by atoms with E-state index in [2.05, 4.69) is 13.0 Å². The van der Waals surface area contributed by atoms with E-state index in [-0.39, 0.29) is 5.41 Å². The number of hydrogen-bond acceptors (Lipinski definition) is 2. The van der Waals surface area contributed by atoms with Crippen molar-refractivity contribution in [3.8, 4) is 5.75 Å². The Balaban J connectivity index is 2.38. The fraction of sp³-hybridized carbons (Fsp3) is 0.500. The van der Waals surface area contributed by atoms with Gasteiger partial charge in [-0.15, -0.1) is 0 Å². The number of phenolic OH excluding ortho intramolecular Hbond substituents is 1. The lowest BCUT2D eigenvalue weighted by atomic mass is 9.73. The van der Waals surface area contributed by atoms with Crippen LogP contribution in [0.1, 0.15) is 24.5 Å². The highest BCUT2D eigenvalue weighted by Crippen LogP contribution is 2.37. The highest BCUT2D eigenvalue weighted by molar-refractivity contribution is 5.41. The van der Waals surface area contributed by atoms with Crippen LogP contribution in [-0.2, 0) is 12.8 Å². The summed E-state index contributed by atoms with van der Waals surface area (Å²) in [6.07, 6.45) is 3.07. The Morgan fingerprint density at radius 1 is 1.50 bits per heavy atom. The summed E-state index contributed by atoms with van der Waals surface area (Å²) in [5, 5.41) is 9.74. The van der Waals surface area contributed by atoms with Crippen LogP contribution in [0, 0.1) is 5.41 Å². The van der Waals surface area contributed by atoms with Crippen molar-refractivity contribution in [1.29, 1.82) is 0 Å². The molecule has 1 aliphatic rings. The molecule has 0 saturated carbocycles. The van der Waals surface area contributed by atoms with E-state index in [4.69, 9.17) is 5.73 Å². The molecule has 0 aliphatic heterocycles. The summed E-state index contributed by atoms with van der Waals surface area (Å²) in [5.74, 6) is 0.432. The maximum Gasteiger partial charge on any atom is 0.119 e. The van der Waals surface area contributed by atoms with Gasteiger partial charge in [0.15, 0.2) is 0 Å². The smallest absolute Gasteiger partial charge is 0.119 e. The number of rotatable bonds is 1. The highest BCUT2D eigenvalue weighted by atomic mass is 16.3. The van der Waals surface area contributed by atoms with Gasteiger partial charge in [-0.05, 0) is 48.4 Å². The molecule has 76 valence electrons. The first kappa shape index (κ1) is 9.53. The van der Waals surface area contributed by atoms with Crippen molar-refractivity contribution in [1.82, 2.24) is 0 Å². The van der Waals surface area contributed by atoms with Gasteiger partial charge < -0.3 is 10.8 Å². The number of aromatic hydroxyl groups is 1. The van der Waals surface area contributed by atoms with Crippen molar-refractivity contribution in [2.75, 3.05) is 6.54 Å². The van der Waals surface area contributed by atoms with Gasteiger partial charge >= 0.3 is 0 Å². The molecule has 0 fully saturated rings. The fourth-order valence-corrected chi connectivity index (χ4v) is 2.19. The van der Waals surface area contributed by atoms with E-state index in [0.717, 1.165) is 24.8 Å². The number of aryl methyl sites for hydroxylation is 1. The first-order valence-electron chi connectivity index (χ1n) is 5.14. The van der Waals surface area contributed by atoms with Gasteiger partial charge in [0, 0.05) is 0 Å². The summed E-state index contributed by atoms with van der Waals surface area (Å²) in [4.78, 5) is 0. The van der Waals surface area contributed by atoms with Gasteiger partial charge in [-0.25, -0.2) is 0 Å². The van der Waals surface area contributed by atoms with Gasteiger partial charge in [0.25, 0.3) is 0 Å². The van der Waals surface area contributed by atoms with Crippen molar-refractivity contribution < 1.29 is 5.11 Å². The number of hydrogen-bond donors (Lipinski definition) is 2. The van der Waals surface area contributed by atoms with Crippen LogP contribution in [0.5, 0.6) is 5.75 Å². The minimum Gasteiger partial charge on any atom is -0.508 e. The van der Waals surface area contributed by atoms with E-state index in [0.29, 0.717) is 12.3 Å². The average Bonchev–Trinajstić information content (AvgIpc) is 2.20. The SMILES string of the molecule is CC1(CN)CCc2cccc(O)c2C1. The zero-order valence-electron chi connectivity index (χ0n) is 8.59. The predicted octanol–water partition coefficient (Wildman–Crippen LogP) is 1.85. The van der Waals surface area contributed by atoms with Gasteiger partial charge in [-0.2, -0.15) is 0 Å². The van der Waals surface area contributed by atoms with Crippen LogP contribution in [0.2, 0.25) is 0 Å². The molecule has 1 unspecified atom stereocenters. The van der Waals surface area contributed by atoms with Crippen LogP contribution < -0.4 is 5.73 Å². The molecule has 2 nitrogen and oxygen atoms in total. The Morgan fingerprint density at radius 3 is 3.00 bits per heavy atom. The normalized spacial score (nSPS) is 25.9. The van der Waals surface area contributed by atoms with Gasteiger partial charge in [-0.3, -0.25) is 0 Å². The van der Waals surface area contributed by atoms with E-state index in [9.17, 15) is 5.11 Å². The standard InChI is InChI=1S/C12H17NO/c1-12(8-13)6-5-9-3-2-4-11(14)10(9)7-12/h2-4,14H,5-8,13H2,1H3. The largest absolute Gasteiger partial charge is 0.508 e. The van der Waals surface area contributed by atoms with Crippen molar-refractivity contribution in [3.05, 3.63) is 29.3 Å². The average molecular weight is 191 g/mol. The van der Waals surface area contributed by atoms with E-state index in [1.807, 2.05) is 6.07 Å². The maximum atomic E-state index is 9.74. The van der Waals surface area contributed by atoms with Crippen LogP contribution in [0.15, 0.2) is 18.2 Å². The van der Waals surface area contributed by atoms with Gasteiger partial charge in [0.2, 0.25) is 0 Å². The Bertz CT molecular complexity index is 348. The topological polar surface area (TPSA) is 46.2 Å². The summed E-state index contributed by atoms with van der Waals surface area (Å²) in [6, 6.07) is 5.78. The fourth-order valence-electron chi connectivity index (χ4n) is 2.19. The second-order valence-corrected chi connectivity index (χ2v) is 4.61. The van der Waals surface area contributed by atoms with Gasteiger partial charge in [0.1, 0.15) is 5.75 Å². The summed E-state index contributed by atoms with van der Waals surface area (Å²) < 4.78 is 0. The van der Waals surface area contributed by atoms with Crippen LogP contribution >= 0.6 is 0 Å². The molecule has 0 spiro atoms. The molecule has 2 heteroatoms. The second kappa shape index (κ2) is 3.28. The number of benzene rings is 1. The van der Waals surface area contributed by atoms with Crippen LogP contribution in [0.3, 0.4) is 0 Å². The number of fused-ring (bicyclic) bond motifs is 1. The lowest BCUT2D eigenvalue weighted by Crippen LogP contribution is -2.33. The molecule has 0 radical (unpaired) electrons. The summed E-state index contributed by atoms with van der Waals surface area (Å²) >= 11 is 0. The molecule has 2 rings (SSSR count). The van der Waals surface area contributed by atoms with Crippen molar-refractivity contribution >= 4 is 0 Å². The lowest BCUT2D eigenvalue weighted by molar-refractivity contribution is 0.284. The van der Waals surface area contributed by atoms with Crippen molar-refractivity contribution in [2.24, 2.45) is 11.1 Å². The quantitative estimate of drug-likeness (QED) is 0.711.